The van der Waals surface area contributed by atoms with Crippen molar-refractivity contribution in [1.82, 2.24) is 9.88 Å². The fraction of sp³-hybridized carbons (Fsp3) is 0.600. The molecule has 13 heavy (non-hydrogen) atoms. The van der Waals surface area contributed by atoms with E-state index in [2.05, 4.69) is 29.8 Å². The first-order valence-corrected chi connectivity index (χ1v) is 4.78. The lowest BCUT2D eigenvalue weighted by molar-refractivity contribution is 0.273. The van der Waals surface area contributed by atoms with Crippen LogP contribution in [0, 0.1) is 0 Å². The lowest BCUT2D eigenvalue weighted by Gasteiger charge is -2.15. The molecule has 1 aromatic heterocycles. The summed E-state index contributed by atoms with van der Waals surface area (Å²) in [4.78, 5) is 0. The fourth-order valence-electron chi connectivity index (χ4n) is 1.54. The summed E-state index contributed by atoms with van der Waals surface area (Å²) in [6.45, 7) is 6.06. The van der Waals surface area contributed by atoms with E-state index >= 15 is 0 Å². The van der Waals surface area contributed by atoms with Crippen LogP contribution in [0.4, 0.5) is 0 Å². The SMILES string of the molecule is CCNC(C)c1cccn1CCO. The van der Waals surface area contributed by atoms with E-state index in [1.807, 2.05) is 12.3 Å². The van der Waals surface area contributed by atoms with Gasteiger partial charge in [-0.2, -0.15) is 0 Å². The van der Waals surface area contributed by atoms with E-state index in [1.54, 1.807) is 0 Å². The summed E-state index contributed by atoms with van der Waals surface area (Å²) in [6.07, 6.45) is 2.00. The molecule has 1 aromatic rings. The van der Waals surface area contributed by atoms with Crippen molar-refractivity contribution in [2.75, 3.05) is 13.2 Å². The molecular formula is C10H18N2O. The second-order valence-corrected chi connectivity index (χ2v) is 3.13. The summed E-state index contributed by atoms with van der Waals surface area (Å²) in [5, 5.41) is 12.2. The van der Waals surface area contributed by atoms with Crippen molar-refractivity contribution < 1.29 is 5.11 Å². The summed E-state index contributed by atoms with van der Waals surface area (Å²) in [7, 11) is 0. The molecule has 1 rings (SSSR count). The Hall–Kier alpha value is -0.800. The van der Waals surface area contributed by atoms with Gasteiger partial charge in [0.2, 0.25) is 0 Å². The number of hydrogen-bond donors (Lipinski definition) is 2. The molecule has 3 heteroatoms. The standard InChI is InChI=1S/C10H18N2O/c1-3-11-9(2)10-5-4-6-12(10)7-8-13/h4-6,9,11,13H,3,7-8H2,1-2H3. The molecule has 0 aromatic carbocycles. The van der Waals surface area contributed by atoms with Crippen molar-refractivity contribution in [2.45, 2.75) is 26.4 Å². The molecule has 1 atom stereocenters. The Bertz CT molecular complexity index is 245. The second kappa shape index (κ2) is 5.04. The molecule has 1 unspecified atom stereocenters. The zero-order chi connectivity index (χ0) is 9.68. The molecule has 0 fully saturated rings. The van der Waals surface area contributed by atoms with E-state index in [4.69, 9.17) is 5.11 Å². The molecule has 0 saturated heterocycles. The molecule has 0 aliphatic carbocycles. The van der Waals surface area contributed by atoms with Gasteiger partial charge in [0, 0.05) is 24.5 Å². The summed E-state index contributed by atoms with van der Waals surface area (Å²) < 4.78 is 2.08. The lowest BCUT2D eigenvalue weighted by Crippen LogP contribution is -2.21. The van der Waals surface area contributed by atoms with Gasteiger partial charge in [-0.05, 0) is 25.6 Å². The summed E-state index contributed by atoms with van der Waals surface area (Å²) in [5.74, 6) is 0. The molecule has 2 N–H and O–H groups in total. The quantitative estimate of drug-likeness (QED) is 0.717. The monoisotopic (exact) mass is 182 g/mol. The second-order valence-electron chi connectivity index (χ2n) is 3.13. The van der Waals surface area contributed by atoms with Gasteiger partial charge in [0.25, 0.3) is 0 Å². The van der Waals surface area contributed by atoms with Crippen LogP contribution < -0.4 is 5.32 Å². The van der Waals surface area contributed by atoms with Crippen molar-refractivity contribution >= 4 is 0 Å². The van der Waals surface area contributed by atoms with Gasteiger partial charge in [-0.15, -0.1) is 0 Å². The fourth-order valence-corrected chi connectivity index (χ4v) is 1.54. The zero-order valence-corrected chi connectivity index (χ0v) is 8.33. The number of rotatable bonds is 5. The predicted molar refractivity (Wildman–Crippen MR) is 53.6 cm³/mol. The Morgan fingerprint density at radius 1 is 1.62 bits per heavy atom. The number of aromatic nitrogens is 1. The lowest BCUT2D eigenvalue weighted by atomic mass is 10.2. The minimum Gasteiger partial charge on any atom is -0.395 e. The first-order valence-electron chi connectivity index (χ1n) is 4.78. The Balaban J connectivity index is 2.68. The van der Waals surface area contributed by atoms with Gasteiger partial charge in [-0.3, -0.25) is 0 Å². The normalized spacial score (nSPS) is 13.2. The number of nitrogens with zero attached hydrogens (tertiary/aromatic N) is 1. The molecule has 74 valence electrons. The van der Waals surface area contributed by atoms with E-state index in [1.165, 1.54) is 5.69 Å². The van der Waals surface area contributed by atoms with Gasteiger partial charge >= 0.3 is 0 Å². The molecule has 0 bridgehead atoms. The van der Waals surface area contributed by atoms with Gasteiger partial charge < -0.3 is 15.0 Å². The average molecular weight is 182 g/mol. The Labute approximate surface area is 79.4 Å². The molecule has 1 heterocycles. The third-order valence-electron chi connectivity index (χ3n) is 2.16. The first-order chi connectivity index (χ1) is 6.29. The summed E-state index contributed by atoms with van der Waals surface area (Å²) in [6, 6.07) is 4.45. The van der Waals surface area contributed by atoms with E-state index in [0.29, 0.717) is 12.6 Å². The number of nitrogens with one attached hydrogen (secondary N) is 1. The molecular weight excluding hydrogens is 164 g/mol. The molecule has 0 aliphatic rings. The third kappa shape index (κ3) is 2.57. The molecule has 0 aliphatic heterocycles. The van der Waals surface area contributed by atoms with Crippen LogP contribution in [0.25, 0.3) is 0 Å². The molecule has 0 amide bonds. The van der Waals surface area contributed by atoms with Gasteiger partial charge in [0.15, 0.2) is 0 Å². The predicted octanol–water partition coefficient (Wildman–Crippen LogP) is 1.15. The minimum atomic E-state index is 0.195. The van der Waals surface area contributed by atoms with Crippen LogP contribution in [0.1, 0.15) is 25.6 Å². The number of aliphatic hydroxyl groups excluding tert-OH is 1. The average Bonchev–Trinajstić information content (AvgIpc) is 2.54. The van der Waals surface area contributed by atoms with Crippen LogP contribution in [0.2, 0.25) is 0 Å². The minimum absolute atomic E-state index is 0.195. The van der Waals surface area contributed by atoms with Crippen LogP contribution in [-0.4, -0.2) is 22.8 Å². The topological polar surface area (TPSA) is 37.2 Å². The number of hydrogen-bond acceptors (Lipinski definition) is 2. The van der Waals surface area contributed by atoms with Crippen molar-refractivity contribution in [2.24, 2.45) is 0 Å². The highest BCUT2D eigenvalue weighted by Gasteiger charge is 2.07. The Morgan fingerprint density at radius 2 is 2.38 bits per heavy atom. The van der Waals surface area contributed by atoms with E-state index in [-0.39, 0.29) is 6.61 Å². The molecule has 0 saturated carbocycles. The number of aliphatic hydroxyl groups is 1. The van der Waals surface area contributed by atoms with Crippen LogP contribution in [0.5, 0.6) is 0 Å². The maximum atomic E-state index is 8.83. The third-order valence-corrected chi connectivity index (χ3v) is 2.16. The highest BCUT2D eigenvalue weighted by Crippen LogP contribution is 2.12. The summed E-state index contributed by atoms with van der Waals surface area (Å²) in [5.41, 5.74) is 1.23. The highest BCUT2D eigenvalue weighted by molar-refractivity contribution is 5.11. The van der Waals surface area contributed by atoms with Crippen molar-refractivity contribution in [3.63, 3.8) is 0 Å². The zero-order valence-electron chi connectivity index (χ0n) is 8.33. The van der Waals surface area contributed by atoms with Crippen LogP contribution in [-0.2, 0) is 6.54 Å². The van der Waals surface area contributed by atoms with Crippen molar-refractivity contribution in [1.29, 1.82) is 0 Å². The van der Waals surface area contributed by atoms with Gasteiger partial charge in [0.1, 0.15) is 0 Å². The van der Waals surface area contributed by atoms with E-state index < -0.39 is 0 Å². The van der Waals surface area contributed by atoms with Crippen LogP contribution in [0.15, 0.2) is 18.3 Å². The Morgan fingerprint density at radius 3 is 3.00 bits per heavy atom. The summed E-state index contributed by atoms with van der Waals surface area (Å²) >= 11 is 0. The maximum Gasteiger partial charge on any atom is 0.0610 e. The Kier molecular flexibility index (Phi) is 3.99. The maximum absolute atomic E-state index is 8.83. The van der Waals surface area contributed by atoms with Crippen molar-refractivity contribution in [3.8, 4) is 0 Å². The van der Waals surface area contributed by atoms with Crippen molar-refractivity contribution in [3.05, 3.63) is 24.0 Å². The van der Waals surface area contributed by atoms with Gasteiger partial charge in [0.05, 0.1) is 6.61 Å². The smallest absolute Gasteiger partial charge is 0.0610 e. The van der Waals surface area contributed by atoms with Gasteiger partial charge in [-0.1, -0.05) is 6.92 Å². The van der Waals surface area contributed by atoms with Crippen LogP contribution in [0.3, 0.4) is 0 Å². The van der Waals surface area contributed by atoms with Crippen LogP contribution >= 0.6 is 0 Å². The highest BCUT2D eigenvalue weighted by atomic mass is 16.3. The van der Waals surface area contributed by atoms with E-state index in [0.717, 1.165) is 6.54 Å². The molecule has 0 spiro atoms. The van der Waals surface area contributed by atoms with E-state index in [9.17, 15) is 0 Å². The van der Waals surface area contributed by atoms with Gasteiger partial charge in [-0.25, -0.2) is 0 Å². The largest absolute Gasteiger partial charge is 0.395 e. The first kappa shape index (κ1) is 10.3. The molecule has 0 radical (unpaired) electrons. The molecule has 3 nitrogen and oxygen atoms in total.